The van der Waals surface area contributed by atoms with Crippen molar-refractivity contribution in [2.75, 3.05) is 20.6 Å². The largest absolute Gasteiger partial charge is 0.470 e. The summed E-state index contributed by atoms with van der Waals surface area (Å²) >= 11 is 0. The zero-order valence-electron chi connectivity index (χ0n) is 10.0. The fourth-order valence-corrected chi connectivity index (χ4v) is 0.577. The van der Waals surface area contributed by atoms with Gasteiger partial charge in [-0.05, 0) is 33.1 Å². The third-order valence-corrected chi connectivity index (χ3v) is 1.78. The van der Waals surface area contributed by atoms with Crippen LogP contribution in [0.1, 0.15) is 27.7 Å². The molecule has 0 radical (unpaired) electrons. The second-order valence-corrected chi connectivity index (χ2v) is 4.59. The molecule has 0 saturated carbocycles. The minimum Gasteiger partial charge on any atom is -0.470 e. The first-order chi connectivity index (χ1) is 5.83. The van der Waals surface area contributed by atoms with Gasteiger partial charge in [-0.15, -0.1) is 6.34 Å². The second kappa shape index (κ2) is 7.25. The second-order valence-electron chi connectivity index (χ2n) is 4.59. The van der Waals surface area contributed by atoms with Crippen molar-refractivity contribution in [2.45, 2.75) is 39.3 Å². The van der Waals surface area contributed by atoms with Gasteiger partial charge in [0.2, 0.25) is 0 Å². The van der Waals surface area contributed by atoms with Gasteiger partial charge >= 0.3 is 0 Å². The van der Waals surface area contributed by atoms with E-state index < -0.39 is 0 Å². The molecule has 0 aromatic heterocycles. The molecule has 1 unspecified atom stereocenters. The molecule has 0 N–H and O–H groups in total. The summed E-state index contributed by atoms with van der Waals surface area (Å²) in [5.41, 5.74) is -0.00907. The van der Waals surface area contributed by atoms with Crippen LogP contribution < -0.4 is 0 Å². The van der Waals surface area contributed by atoms with E-state index in [0.717, 1.165) is 6.54 Å². The third kappa shape index (κ3) is 10.0. The van der Waals surface area contributed by atoms with Crippen LogP contribution >= 0.6 is 0 Å². The maximum Gasteiger partial charge on any atom is 0.00538 e. The minimum absolute atomic E-state index is 0. The molecule has 0 heterocycles. The van der Waals surface area contributed by atoms with Gasteiger partial charge < -0.3 is 15.2 Å². The summed E-state index contributed by atoms with van der Waals surface area (Å²) in [5.74, 6) is 0. The molecule has 88 valence electrons. The van der Waals surface area contributed by atoms with Gasteiger partial charge in [0.05, 0.1) is 0 Å². The van der Waals surface area contributed by atoms with Crippen LogP contribution in [0.4, 0.5) is 0 Å². The van der Waals surface area contributed by atoms with Gasteiger partial charge in [-0.2, -0.15) is 0 Å². The molecule has 0 amide bonds. The van der Waals surface area contributed by atoms with Crippen LogP contribution in [0.5, 0.6) is 0 Å². The zero-order chi connectivity index (χ0) is 10.5. The minimum atomic E-state index is -0.00907. The predicted molar refractivity (Wildman–Crippen MR) is 59.6 cm³/mol. The summed E-state index contributed by atoms with van der Waals surface area (Å²) in [4.78, 5) is 6.42. The number of hydrogen-bond donors (Lipinski definition) is 0. The molecule has 0 spiro atoms. The van der Waals surface area contributed by atoms with E-state index in [-0.39, 0.29) is 22.0 Å². The van der Waals surface area contributed by atoms with E-state index >= 15 is 0 Å². The Labute approximate surface area is 98.3 Å². The number of rotatable bonds is 4. The average Bonchev–Trinajstić information content (AvgIpc) is 1.95. The Bertz CT molecular complexity index is 161. The Morgan fingerprint density at radius 1 is 1.36 bits per heavy atom. The van der Waals surface area contributed by atoms with Crippen molar-refractivity contribution in [3.63, 3.8) is 0 Å². The number of nitrogens with zero attached hydrogens (tertiary/aromatic N) is 3. The van der Waals surface area contributed by atoms with Crippen LogP contribution in [-0.2, 0) is 16.5 Å². The first-order valence-corrected chi connectivity index (χ1v) is 4.69. The van der Waals surface area contributed by atoms with E-state index in [1.54, 1.807) is 6.34 Å². The van der Waals surface area contributed by atoms with E-state index in [4.69, 9.17) is 0 Å². The van der Waals surface area contributed by atoms with Crippen molar-refractivity contribution in [3.05, 3.63) is 5.32 Å². The number of likely N-dealkylation sites (N-methyl/N-ethyl adjacent to an activating group) is 1. The summed E-state index contributed by atoms with van der Waals surface area (Å²) < 4.78 is 0. The Hall–Kier alpha value is -0.0765. The summed E-state index contributed by atoms with van der Waals surface area (Å²) in [6, 6.07) is 0.478. The Morgan fingerprint density at radius 3 is 2.21 bits per heavy atom. The summed E-state index contributed by atoms with van der Waals surface area (Å²) in [6.07, 6.45) is 1.68. The smallest absolute Gasteiger partial charge is 0.00538 e. The fraction of sp³-hybridized carbons (Fsp3) is 0.900. The quantitative estimate of drug-likeness (QED) is 0.422. The summed E-state index contributed by atoms with van der Waals surface area (Å²) in [7, 11) is 4.11. The average molecular weight is 243 g/mol. The van der Waals surface area contributed by atoms with Gasteiger partial charge in [0.25, 0.3) is 0 Å². The molecule has 0 saturated heterocycles. The standard InChI is InChI=1S/C10H22N3.Ni/c1-9(13(5)6)7-11-8-12-10(2,3)4;/h8-9H,7H2,1-6H3;/q-1;. The first kappa shape index (κ1) is 16.4. The van der Waals surface area contributed by atoms with Crippen LogP contribution in [0.15, 0.2) is 4.99 Å². The molecule has 0 rings (SSSR count). The molecule has 0 aliphatic carbocycles. The van der Waals surface area contributed by atoms with Crippen LogP contribution in [0.3, 0.4) is 0 Å². The molecular formula is C10H22N3Ni-. The van der Waals surface area contributed by atoms with E-state index in [0.29, 0.717) is 6.04 Å². The van der Waals surface area contributed by atoms with Crippen molar-refractivity contribution < 1.29 is 16.5 Å². The molecule has 14 heavy (non-hydrogen) atoms. The third-order valence-electron chi connectivity index (χ3n) is 1.78. The van der Waals surface area contributed by atoms with Gasteiger partial charge in [-0.25, -0.2) is 0 Å². The molecule has 4 heteroatoms. The van der Waals surface area contributed by atoms with Crippen molar-refractivity contribution in [1.29, 1.82) is 0 Å². The molecule has 0 fully saturated rings. The molecule has 0 aliphatic rings. The van der Waals surface area contributed by atoms with Crippen molar-refractivity contribution in [2.24, 2.45) is 4.99 Å². The van der Waals surface area contributed by atoms with Gasteiger partial charge in [-0.1, -0.05) is 20.8 Å². The van der Waals surface area contributed by atoms with Gasteiger partial charge in [-0.3, -0.25) is 0 Å². The van der Waals surface area contributed by atoms with Crippen LogP contribution in [0.2, 0.25) is 0 Å². The van der Waals surface area contributed by atoms with Crippen molar-refractivity contribution in [1.82, 2.24) is 4.90 Å². The molecule has 0 aromatic carbocycles. The fourth-order valence-electron chi connectivity index (χ4n) is 0.577. The normalized spacial score (nSPS) is 14.2. The van der Waals surface area contributed by atoms with Gasteiger partial charge in [0.15, 0.2) is 0 Å². The number of aliphatic imine (C=N–C) groups is 1. The Morgan fingerprint density at radius 2 is 1.86 bits per heavy atom. The Kier molecular flexibility index (Phi) is 8.47. The maximum absolute atomic E-state index is 4.28. The van der Waals surface area contributed by atoms with E-state index in [2.05, 4.69) is 57.0 Å². The SMILES string of the molecule is CC(C[N-]C=NC(C)(C)C)N(C)C.[Ni]. The van der Waals surface area contributed by atoms with Crippen LogP contribution in [-0.4, -0.2) is 43.5 Å². The Balaban J connectivity index is 0. The predicted octanol–water partition coefficient (Wildman–Crippen LogP) is 2.13. The maximum atomic E-state index is 4.28. The molecule has 0 aliphatic heterocycles. The van der Waals surface area contributed by atoms with Crippen LogP contribution in [0, 0.1) is 0 Å². The molecule has 1 atom stereocenters. The summed E-state index contributed by atoms with van der Waals surface area (Å²) in [6.45, 7) is 9.15. The van der Waals surface area contributed by atoms with Crippen molar-refractivity contribution >= 4 is 6.34 Å². The zero-order valence-corrected chi connectivity index (χ0v) is 11.0. The number of hydrogen-bond acceptors (Lipinski definition) is 2. The van der Waals surface area contributed by atoms with E-state index in [1.807, 2.05) is 0 Å². The summed E-state index contributed by atoms with van der Waals surface area (Å²) in [5, 5.41) is 4.24. The molecule has 0 aromatic rings. The first-order valence-electron chi connectivity index (χ1n) is 4.69. The van der Waals surface area contributed by atoms with Crippen molar-refractivity contribution in [3.8, 4) is 0 Å². The van der Waals surface area contributed by atoms with E-state index in [9.17, 15) is 0 Å². The molecule has 3 nitrogen and oxygen atoms in total. The monoisotopic (exact) mass is 242 g/mol. The van der Waals surface area contributed by atoms with E-state index in [1.165, 1.54) is 0 Å². The van der Waals surface area contributed by atoms with Crippen LogP contribution in [0.25, 0.3) is 5.32 Å². The topological polar surface area (TPSA) is 29.7 Å². The van der Waals surface area contributed by atoms with Gasteiger partial charge in [0.1, 0.15) is 0 Å². The molecular weight excluding hydrogens is 221 g/mol. The van der Waals surface area contributed by atoms with Gasteiger partial charge in [0, 0.05) is 22.5 Å². The molecule has 0 bridgehead atoms.